The summed E-state index contributed by atoms with van der Waals surface area (Å²) in [5.74, 6) is 3.94. The molecule has 4 rings (SSSR count). The van der Waals surface area contributed by atoms with Gasteiger partial charge in [-0.1, -0.05) is 18.1 Å². The van der Waals surface area contributed by atoms with Gasteiger partial charge in [0.25, 0.3) is 11.5 Å². The molecule has 1 fully saturated rings. The Hall–Kier alpha value is -4.58. The van der Waals surface area contributed by atoms with E-state index in [0.29, 0.717) is 29.3 Å². The number of carboxylic acids is 1. The first-order valence-corrected chi connectivity index (χ1v) is 12.0. The molecule has 3 heterocycles. The van der Waals surface area contributed by atoms with E-state index in [2.05, 4.69) is 27.0 Å². The molecule has 15 heteroatoms. The van der Waals surface area contributed by atoms with Crippen molar-refractivity contribution in [3.63, 3.8) is 0 Å². The highest BCUT2D eigenvalue weighted by atomic mass is 19.4. The van der Waals surface area contributed by atoms with Crippen LogP contribution in [-0.2, 0) is 18.4 Å². The number of nitrogens with one attached hydrogen (secondary N) is 1. The Morgan fingerprint density at radius 2 is 1.80 bits per heavy atom. The summed E-state index contributed by atoms with van der Waals surface area (Å²) < 4.78 is 40.9. The Morgan fingerprint density at radius 3 is 2.38 bits per heavy atom. The van der Waals surface area contributed by atoms with E-state index in [9.17, 15) is 22.8 Å². The maximum atomic E-state index is 13.4. The summed E-state index contributed by atoms with van der Waals surface area (Å²) >= 11 is 0. The number of amides is 1. The summed E-state index contributed by atoms with van der Waals surface area (Å²) in [7, 11) is 4.93. The monoisotopic (exact) mass is 563 g/mol. The van der Waals surface area contributed by atoms with Gasteiger partial charge in [-0.3, -0.25) is 18.7 Å². The predicted molar refractivity (Wildman–Crippen MR) is 140 cm³/mol. The highest BCUT2D eigenvalue weighted by Crippen LogP contribution is 2.26. The fraction of sp³-hybridized carbons (Fsp3) is 0.400. The quantitative estimate of drug-likeness (QED) is 0.445. The van der Waals surface area contributed by atoms with Gasteiger partial charge in [0, 0.05) is 47.3 Å². The number of anilines is 1. The number of halogens is 3. The molecule has 2 aromatic heterocycles. The Bertz CT molecular complexity index is 1510. The second kappa shape index (κ2) is 12.5. The number of benzene rings is 1. The van der Waals surface area contributed by atoms with Crippen LogP contribution in [0.1, 0.15) is 17.3 Å². The second-order valence-corrected chi connectivity index (χ2v) is 8.69. The van der Waals surface area contributed by atoms with Crippen LogP contribution in [0, 0.1) is 11.8 Å². The van der Waals surface area contributed by atoms with Gasteiger partial charge in [0.05, 0.1) is 12.1 Å². The number of alkyl halides is 3. The van der Waals surface area contributed by atoms with Gasteiger partial charge in [-0.25, -0.2) is 4.79 Å². The number of ether oxygens (including phenoxy) is 1. The standard InChI is InChI=1S/C23H27N7O3.C2HF3O2/c1-5-6-13-30-18-19(25-22(30)29-14-11-24-12-15-29)26-23(28(4)21(18)32)33-17-10-8-7-9-16(17)20(31)27(2)3;3-2(4,5)1(6)7/h7-10,24H,11-15H2,1-4H3;(H,6,7). The summed E-state index contributed by atoms with van der Waals surface area (Å²) in [6.07, 6.45) is -5.08. The van der Waals surface area contributed by atoms with Gasteiger partial charge in [-0.05, 0) is 19.1 Å². The van der Waals surface area contributed by atoms with Crippen molar-refractivity contribution in [2.45, 2.75) is 19.6 Å². The van der Waals surface area contributed by atoms with Gasteiger partial charge in [0.1, 0.15) is 5.75 Å². The van der Waals surface area contributed by atoms with Crippen LogP contribution in [0.3, 0.4) is 0 Å². The van der Waals surface area contributed by atoms with Crippen LogP contribution in [0.25, 0.3) is 11.2 Å². The van der Waals surface area contributed by atoms with Crippen molar-refractivity contribution in [3.8, 4) is 23.6 Å². The molecular formula is C25H28F3N7O5. The maximum absolute atomic E-state index is 13.4. The number of carbonyl (C=O) groups is 2. The number of rotatable bonds is 5. The molecule has 12 nitrogen and oxygen atoms in total. The van der Waals surface area contributed by atoms with Gasteiger partial charge in [-0.2, -0.15) is 23.1 Å². The van der Waals surface area contributed by atoms with E-state index in [0.717, 1.165) is 26.2 Å². The number of carboxylic acid groups (broad SMARTS) is 1. The second-order valence-electron chi connectivity index (χ2n) is 8.69. The van der Waals surface area contributed by atoms with Crippen LogP contribution >= 0.6 is 0 Å². The highest BCUT2D eigenvalue weighted by Gasteiger charge is 2.38. The largest absolute Gasteiger partial charge is 0.490 e. The maximum Gasteiger partial charge on any atom is 0.490 e. The average Bonchev–Trinajstić information content (AvgIpc) is 3.28. The van der Waals surface area contributed by atoms with Crippen LogP contribution in [0.15, 0.2) is 29.1 Å². The molecule has 0 bridgehead atoms. The lowest BCUT2D eigenvalue weighted by molar-refractivity contribution is -0.192. The van der Waals surface area contributed by atoms with E-state index in [-0.39, 0.29) is 23.1 Å². The number of aliphatic carboxylic acids is 1. The third-order valence-electron chi connectivity index (χ3n) is 5.71. The number of carbonyl (C=O) groups excluding carboxylic acids is 1. The van der Waals surface area contributed by atoms with Crippen molar-refractivity contribution < 1.29 is 32.6 Å². The summed E-state index contributed by atoms with van der Waals surface area (Å²) in [5.41, 5.74) is 0.745. The van der Waals surface area contributed by atoms with E-state index in [4.69, 9.17) is 19.6 Å². The molecule has 0 radical (unpaired) electrons. The average molecular weight is 564 g/mol. The van der Waals surface area contributed by atoms with Crippen molar-refractivity contribution in [1.82, 2.24) is 29.3 Å². The first kappa shape index (κ1) is 30.0. The normalized spacial score (nSPS) is 13.1. The van der Waals surface area contributed by atoms with Gasteiger partial charge in [-0.15, -0.1) is 5.92 Å². The van der Waals surface area contributed by atoms with Crippen LogP contribution in [0.4, 0.5) is 19.1 Å². The molecule has 3 aromatic rings. The molecule has 0 aliphatic carbocycles. The zero-order valence-corrected chi connectivity index (χ0v) is 22.2. The van der Waals surface area contributed by atoms with Crippen LogP contribution in [0.2, 0.25) is 0 Å². The minimum atomic E-state index is -5.08. The Labute approximate surface area is 227 Å². The van der Waals surface area contributed by atoms with Crippen LogP contribution in [0.5, 0.6) is 11.8 Å². The molecule has 0 saturated carbocycles. The van der Waals surface area contributed by atoms with Crippen molar-refractivity contribution >= 4 is 29.0 Å². The van der Waals surface area contributed by atoms with Gasteiger partial charge >= 0.3 is 18.2 Å². The molecule has 214 valence electrons. The van der Waals surface area contributed by atoms with Gasteiger partial charge in [0.2, 0.25) is 5.95 Å². The van der Waals surface area contributed by atoms with E-state index in [1.165, 1.54) is 9.47 Å². The number of nitrogens with zero attached hydrogens (tertiary/aromatic N) is 6. The molecule has 2 N–H and O–H groups in total. The molecule has 1 aromatic carbocycles. The van der Waals surface area contributed by atoms with Crippen molar-refractivity contribution in [1.29, 1.82) is 0 Å². The minimum absolute atomic E-state index is 0.0598. The number of imidazole rings is 1. The Kier molecular flexibility index (Phi) is 9.38. The molecule has 1 aliphatic heterocycles. The predicted octanol–water partition coefficient (Wildman–Crippen LogP) is 1.69. The fourth-order valence-corrected chi connectivity index (χ4v) is 3.71. The number of aromatic nitrogens is 4. The molecule has 0 spiro atoms. The topological polar surface area (TPSA) is 135 Å². The highest BCUT2D eigenvalue weighted by molar-refractivity contribution is 5.96. The molecular weight excluding hydrogens is 535 g/mol. The van der Waals surface area contributed by atoms with E-state index < -0.39 is 12.1 Å². The lowest BCUT2D eigenvalue weighted by atomic mass is 10.2. The molecule has 1 saturated heterocycles. The zero-order valence-electron chi connectivity index (χ0n) is 22.2. The smallest absolute Gasteiger partial charge is 0.475 e. The van der Waals surface area contributed by atoms with Crippen LogP contribution in [-0.4, -0.2) is 87.4 Å². The molecule has 0 atom stereocenters. The van der Waals surface area contributed by atoms with E-state index in [1.807, 2.05) is 4.57 Å². The van der Waals surface area contributed by atoms with E-state index in [1.54, 1.807) is 52.3 Å². The van der Waals surface area contributed by atoms with Crippen molar-refractivity contribution in [2.24, 2.45) is 7.05 Å². The summed E-state index contributed by atoms with van der Waals surface area (Å²) in [4.78, 5) is 47.7. The van der Waals surface area contributed by atoms with Gasteiger partial charge < -0.3 is 25.0 Å². The summed E-state index contributed by atoms with van der Waals surface area (Å²) in [5, 5.41) is 10.4. The number of para-hydroxylation sites is 1. The number of hydrogen-bond acceptors (Lipinski definition) is 8. The zero-order chi connectivity index (χ0) is 29.6. The number of fused-ring (bicyclic) bond motifs is 1. The van der Waals surface area contributed by atoms with Crippen molar-refractivity contribution in [2.75, 3.05) is 45.2 Å². The molecule has 1 amide bonds. The van der Waals surface area contributed by atoms with Gasteiger partial charge in [0.15, 0.2) is 11.2 Å². The van der Waals surface area contributed by atoms with E-state index >= 15 is 0 Å². The molecule has 40 heavy (non-hydrogen) atoms. The minimum Gasteiger partial charge on any atom is -0.475 e. The SMILES string of the molecule is CC#CCn1c(N2CCNCC2)nc2nc(Oc3ccccc3C(=O)N(C)C)n(C)c(=O)c21.O=C(O)C(F)(F)F. The molecule has 0 unspecified atom stereocenters. The summed E-state index contributed by atoms with van der Waals surface area (Å²) in [6, 6.07) is 6.93. The molecule has 1 aliphatic rings. The Morgan fingerprint density at radius 1 is 1.18 bits per heavy atom. The lowest BCUT2D eigenvalue weighted by Gasteiger charge is -2.28. The third kappa shape index (κ3) is 6.70. The van der Waals surface area contributed by atoms with Crippen molar-refractivity contribution in [3.05, 3.63) is 40.2 Å². The summed E-state index contributed by atoms with van der Waals surface area (Å²) in [6.45, 7) is 5.30. The third-order valence-corrected chi connectivity index (χ3v) is 5.71. The lowest BCUT2D eigenvalue weighted by Crippen LogP contribution is -2.44. The fourth-order valence-electron chi connectivity index (χ4n) is 3.71. The number of hydrogen-bond donors (Lipinski definition) is 2. The number of piperazine rings is 1. The Balaban J connectivity index is 0.000000559. The first-order valence-electron chi connectivity index (χ1n) is 12.0. The van der Waals surface area contributed by atoms with Crippen LogP contribution < -0.4 is 20.5 Å². The first-order chi connectivity index (χ1) is 18.9.